The van der Waals surface area contributed by atoms with Crippen molar-refractivity contribution in [3.63, 3.8) is 0 Å². The van der Waals surface area contributed by atoms with Crippen molar-refractivity contribution in [2.24, 2.45) is 16.5 Å². The average Bonchev–Trinajstić information content (AvgIpc) is 2.64. The molecule has 1 aromatic carbocycles. The summed E-state index contributed by atoms with van der Waals surface area (Å²) in [5.74, 6) is 1.70. The van der Waals surface area contributed by atoms with Gasteiger partial charge in [0.25, 0.3) is 0 Å². The second-order valence-corrected chi connectivity index (χ2v) is 3.24. The van der Waals surface area contributed by atoms with Crippen LogP contribution in [0.2, 0.25) is 0 Å². The molecule has 0 fully saturated rings. The smallest absolute Gasteiger partial charge is 0.231 e. The van der Waals surface area contributed by atoms with Crippen molar-refractivity contribution in [1.82, 2.24) is 0 Å². The zero-order chi connectivity index (χ0) is 10.7. The Morgan fingerprint density at radius 2 is 2.00 bits per heavy atom. The molecule has 2 rings (SSSR count). The van der Waals surface area contributed by atoms with Gasteiger partial charge >= 0.3 is 0 Å². The van der Waals surface area contributed by atoms with E-state index in [2.05, 4.69) is 4.99 Å². The van der Waals surface area contributed by atoms with Crippen LogP contribution in [-0.2, 0) is 6.42 Å². The minimum Gasteiger partial charge on any atom is -0.454 e. The molecule has 0 bridgehead atoms. The predicted molar refractivity (Wildman–Crippen MR) is 72.4 cm³/mol. The van der Waals surface area contributed by atoms with Crippen LogP contribution in [0.4, 0.5) is 0 Å². The molecule has 1 aliphatic rings. The molecule has 0 saturated carbocycles. The molecule has 5 nitrogen and oxygen atoms in total. The summed E-state index contributed by atoms with van der Waals surface area (Å²) in [6, 6.07) is 5.83. The molecule has 0 spiro atoms. The maximum Gasteiger partial charge on any atom is 0.231 e. The molecule has 1 heterocycles. The van der Waals surface area contributed by atoms with Crippen LogP contribution < -0.4 is 20.9 Å². The Hall–Kier alpha value is -1.18. The maximum absolute atomic E-state index is 5.26. The lowest BCUT2D eigenvalue weighted by atomic mass is 10.1. The Morgan fingerprint density at radius 1 is 1.25 bits per heavy atom. The largest absolute Gasteiger partial charge is 0.454 e. The first kappa shape index (κ1) is 12.9. The van der Waals surface area contributed by atoms with Gasteiger partial charge in [-0.25, -0.2) is 0 Å². The first-order chi connectivity index (χ1) is 7.25. The Labute approximate surface area is 111 Å². The lowest BCUT2D eigenvalue weighted by Crippen LogP contribution is -2.23. The summed E-state index contributed by atoms with van der Waals surface area (Å²) in [7, 11) is 0. The third-order valence-electron chi connectivity index (χ3n) is 2.13. The highest BCUT2D eigenvalue weighted by atomic mass is 127. The third-order valence-corrected chi connectivity index (χ3v) is 2.13. The number of hydrogen-bond acceptors (Lipinski definition) is 3. The monoisotopic (exact) mass is 335 g/mol. The van der Waals surface area contributed by atoms with E-state index in [1.165, 1.54) is 0 Å². The summed E-state index contributed by atoms with van der Waals surface area (Å²) in [5.41, 5.74) is 11.6. The molecule has 0 aliphatic carbocycles. The number of rotatable bonds is 3. The number of halogens is 1. The number of fused-ring (bicyclic) bond motifs is 1. The van der Waals surface area contributed by atoms with E-state index in [-0.39, 0.29) is 29.9 Å². The molecule has 1 aliphatic heterocycles. The summed E-state index contributed by atoms with van der Waals surface area (Å²) in [4.78, 5) is 3.91. The molecule has 0 saturated heterocycles. The maximum atomic E-state index is 5.26. The molecular weight excluding hydrogens is 321 g/mol. The second-order valence-electron chi connectivity index (χ2n) is 3.24. The molecule has 0 aromatic heterocycles. The van der Waals surface area contributed by atoms with Crippen molar-refractivity contribution in [2.45, 2.75) is 6.42 Å². The van der Waals surface area contributed by atoms with Crippen molar-refractivity contribution in [3.05, 3.63) is 23.8 Å². The fourth-order valence-electron chi connectivity index (χ4n) is 1.41. The summed E-state index contributed by atoms with van der Waals surface area (Å²) in [6.07, 6.45) is 0.786. The summed E-state index contributed by atoms with van der Waals surface area (Å²) < 4.78 is 10.5. The Kier molecular flexibility index (Phi) is 4.66. The van der Waals surface area contributed by atoms with Gasteiger partial charge in [-0.1, -0.05) is 6.07 Å². The summed E-state index contributed by atoms with van der Waals surface area (Å²) in [6.45, 7) is 0.884. The van der Waals surface area contributed by atoms with E-state index in [9.17, 15) is 0 Å². The molecule has 0 atom stereocenters. The third kappa shape index (κ3) is 3.16. The lowest BCUT2D eigenvalue weighted by Gasteiger charge is -2.00. The van der Waals surface area contributed by atoms with Crippen molar-refractivity contribution >= 4 is 29.9 Å². The Balaban J connectivity index is 0.00000128. The SMILES string of the molecule is I.NC(N)=NCCc1ccc2c(c1)OCO2. The van der Waals surface area contributed by atoms with Gasteiger partial charge in [-0.15, -0.1) is 24.0 Å². The van der Waals surface area contributed by atoms with Gasteiger partial charge in [0.15, 0.2) is 17.5 Å². The number of ether oxygens (including phenoxy) is 2. The Morgan fingerprint density at radius 3 is 2.75 bits per heavy atom. The van der Waals surface area contributed by atoms with Crippen LogP contribution in [0.3, 0.4) is 0 Å². The standard InChI is InChI=1S/C10H13N3O2.HI/c11-10(12)13-4-3-7-1-2-8-9(5-7)15-6-14-8;/h1-2,5H,3-4,6H2,(H4,11,12,13);1H. The van der Waals surface area contributed by atoms with E-state index < -0.39 is 0 Å². The number of nitrogens with two attached hydrogens (primary N) is 2. The highest BCUT2D eigenvalue weighted by Gasteiger charge is 2.12. The number of aliphatic imine (C=N–C) groups is 1. The van der Waals surface area contributed by atoms with Gasteiger partial charge in [-0.2, -0.15) is 0 Å². The van der Waals surface area contributed by atoms with Crippen LogP contribution in [0.1, 0.15) is 5.56 Å². The van der Waals surface area contributed by atoms with Crippen molar-refractivity contribution in [3.8, 4) is 11.5 Å². The van der Waals surface area contributed by atoms with Gasteiger partial charge in [-0.05, 0) is 24.1 Å². The fraction of sp³-hybridized carbons (Fsp3) is 0.300. The van der Waals surface area contributed by atoms with Crippen LogP contribution in [0.15, 0.2) is 23.2 Å². The molecule has 0 radical (unpaired) electrons. The summed E-state index contributed by atoms with van der Waals surface area (Å²) in [5, 5.41) is 0. The lowest BCUT2D eigenvalue weighted by molar-refractivity contribution is 0.174. The zero-order valence-corrected chi connectivity index (χ0v) is 11.0. The van der Waals surface area contributed by atoms with Gasteiger partial charge in [0.1, 0.15) is 0 Å². The predicted octanol–water partition coefficient (Wildman–Crippen LogP) is 0.849. The van der Waals surface area contributed by atoms with Gasteiger partial charge in [0.05, 0.1) is 0 Å². The second kappa shape index (κ2) is 5.78. The van der Waals surface area contributed by atoms with E-state index in [0.29, 0.717) is 13.3 Å². The minimum atomic E-state index is 0. The van der Waals surface area contributed by atoms with Crippen LogP contribution in [-0.4, -0.2) is 19.3 Å². The van der Waals surface area contributed by atoms with E-state index in [0.717, 1.165) is 23.5 Å². The van der Waals surface area contributed by atoms with Crippen LogP contribution in [0, 0.1) is 0 Å². The molecule has 16 heavy (non-hydrogen) atoms. The quantitative estimate of drug-likeness (QED) is 0.487. The van der Waals surface area contributed by atoms with E-state index in [1.54, 1.807) is 0 Å². The van der Waals surface area contributed by atoms with E-state index >= 15 is 0 Å². The minimum absolute atomic E-state index is 0. The van der Waals surface area contributed by atoms with Crippen molar-refractivity contribution in [1.29, 1.82) is 0 Å². The fourth-order valence-corrected chi connectivity index (χ4v) is 1.41. The normalized spacial score (nSPS) is 11.8. The number of hydrogen-bond donors (Lipinski definition) is 2. The number of guanidine groups is 1. The Bertz CT molecular complexity index is 392. The molecule has 1 aromatic rings. The molecule has 6 heteroatoms. The van der Waals surface area contributed by atoms with Gasteiger partial charge in [-0.3, -0.25) is 4.99 Å². The van der Waals surface area contributed by atoms with Gasteiger partial charge in [0, 0.05) is 6.54 Å². The van der Waals surface area contributed by atoms with Crippen LogP contribution in [0.25, 0.3) is 0 Å². The number of nitrogens with zero attached hydrogens (tertiary/aromatic N) is 1. The van der Waals surface area contributed by atoms with Crippen LogP contribution in [0.5, 0.6) is 11.5 Å². The first-order valence-electron chi connectivity index (χ1n) is 4.69. The van der Waals surface area contributed by atoms with Crippen molar-refractivity contribution < 1.29 is 9.47 Å². The van der Waals surface area contributed by atoms with Gasteiger partial charge < -0.3 is 20.9 Å². The van der Waals surface area contributed by atoms with Gasteiger partial charge in [0.2, 0.25) is 6.79 Å². The van der Waals surface area contributed by atoms with E-state index in [1.807, 2.05) is 18.2 Å². The zero-order valence-electron chi connectivity index (χ0n) is 8.68. The highest BCUT2D eigenvalue weighted by Crippen LogP contribution is 2.32. The topological polar surface area (TPSA) is 82.9 Å². The molecule has 4 N–H and O–H groups in total. The first-order valence-corrected chi connectivity index (χ1v) is 4.69. The van der Waals surface area contributed by atoms with Crippen LogP contribution >= 0.6 is 24.0 Å². The molecule has 0 unspecified atom stereocenters. The summed E-state index contributed by atoms with van der Waals surface area (Å²) >= 11 is 0. The molecule has 88 valence electrons. The number of benzene rings is 1. The van der Waals surface area contributed by atoms with E-state index in [4.69, 9.17) is 20.9 Å². The molecule has 0 amide bonds. The van der Waals surface area contributed by atoms with Crippen molar-refractivity contribution in [2.75, 3.05) is 13.3 Å². The average molecular weight is 335 g/mol. The highest BCUT2D eigenvalue weighted by molar-refractivity contribution is 14.0. The molecular formula is C10H14IN3O2.